The van der Waals surface area contributed by atoms with Gasteiger partial charge < -0.3 is 9.47 Å². The smallest absolute Gasteiger partial charge is 0.242 e. The predicted octanol–water partition coefficient (Wildman–Crippen LogP) is 1.32. The van der Waals surface area contributed by atoms with Crippen LogP contribution in [-0.2, 0) is 11.3 Å². The summed E-state index contributed by atoms with van der Waals surface area (Å²) in [7, 11) is 0. The first kappa shape index (κ1) is 12.9. The fourth-order valence-corrected chi connectivity index (χ4v) is 2.77. The van der Waals surface area contributed by atoms with Crippen molar-refractivity contribution in [3.05, 3.63) is 36.2 Å². The molecule has 106 valence electrons. The van der Waals surface area contributed by atoms with Gasteiger partial charge >= 0.3 is 0 Å². The molecule has 0 spiro atoms. The van der Waals surface area contributed by atoms with Crippen molar-refractivity contribution in [2.75, 3.05) is 13.1 Å². The van der Waals surface area contributed by atoms with E-state index in [0.717, 1.165) is 37.4 Å². The van der Waals surface area contributed by atoms with Gasteiger partial charge in [-0.15, -0.1) is 0 Å². The Balaban J connectivity index is 1.65. The maximum absolute atomic E-state index is 12.4. The SMILES string of the molecule is Cc1nccn1CC(=O)N1CCC[C@@H](c2ccn[nH]2)C1. The Hall–Kier alpha value is -2.11. The van der Waals surface area contributed by atoms with Gasteiger partial charge in [-0.1, -0.05) is 0 Å². The number of hydrogen-bond acceptors (Lipinski definition) is 3. The van der Waals surface area contributed by atoms with E-state index in [1.807, 2.05) is 28.7 Å². The van der Waals surface area contributed by atoms with Crippen molar-refractivity contribution in [3.8, 4) is 0 Å². The van der Waals surface area contributed by atoms with Gasteiger partial charge in [-0.3, -0.25) is 9.89 Å². The van der Waals surface area contributed by atoms with E-state index in [9.17, 15) is 4.79 Å². The maximum Gasteiger partial charge on any atom is 0.242 e. The molecule has 0 saturated carbocycles. The topological polar surface area (TPSA) is 66.8 Å². The lowest BCUT2D eigenvalue weighted by molar-refractivity contribution is -0.133. The first-order valence-corrected chi connectivity index (χ1v) is 6.99. The van der Waals surface area contributed by atoms with E-state index in [-0.39, 0.29) is 5.91 Å². The maximum atomic E-state index is 12.4. The zero-order valence-electron chi connectivity index (χ0n) is 11.6. The Kier molecular flexibility index (Phi) is 3.54. The number of nitrogens with zero attached hydrogens (tertiary/aromatic N) is 4. The summed E-state index contributed by atoms with van der Waals surface area (Å²) in [5, 5.41) is 7.02. The highest BCUT2D eigenvalue weighted by Gasteiger charge is 2.25. The molecular weight excluding hydrogens is 254 g/mol. The lowest BCUT2D eigenvalue weighted by Crippen LogP contribution is -2.41. The number of H-pyrrole nitrogens is 1. The van der Waals surface area contributed by atoms with Crippen LogP contribution in [0.25, 0.3) is 0 Å². The van der Waals surface area contributed by atoms with Crippen LogP contribution >= 0.6 is 0 Å². The van der Waals surface area contributed by atoms with Crippen molar-refractivity contribution in [2.45, 2.75) is 32.2 Å². The number of likely N-dealkylation sites (tertiary alicyclic amines) is 1. The van der Waals surface area contributed by atoms with Crippen LogP contribution in [0.1, 0.15) is 30.3 Å². The van der Waals surface area contributed by atoms with Crippen molar-refractivity contribution in [2.24, 2.45) is 0 Å². The van der Waals surface area contributed by atoms with E-state index in [0.29, 0.717) is 12.5 Å². The number of rotatable bonds is 3. The molecule has 0 unspecified atom stereocenters. The van der Waals surface area contributed by atoms with Crippen molar-refractivity contribution in [1.82, 2.24) is 24.6 Å². The Morgan fingerprint density at radius 1 is 1.50 bits per heavy atom. The molecule has 3 rings (SSSR count). The van der Waals surface area contributed by atoms with E-state index < -0.39 is 0 Å². The van der Waals surface area contributed by atoms with Crippen molar-refractivity contribution < 1.29 is 4.79 Å². The number of carbonyl (C=O) groups excluding carboxylic acids is 1. The van der Waals surface area contributed by atoms with Gasteiger partial charge in [0.05, 0.1) is 0 Å². The molecule has 1 N–H and O–H groups in total. The number of nitrogens with one attached hydrogen (secondary N) is 1. The van der Waals surface area contributed by atoms with Crippen LogP contribution in [0.2, 0.25) is 0 Å². The summed E-state index contributed by atoms with van der Waals surface area (Å²) in [6, 6.07) is 2.00. The highest BCUT2D eigenvalue weighted by Crippen LogP contribution is 2.25. The van der Waals surface area contributed by atoms with Gasteiger partial charge in [-0.05, 0) is 25.8 Å². The quantitative estimate of drug-likeness (QED) is 0.917. The Morgan fingerprint density at radius 2 is 2.40 bits per heavy atom. The van der Waals surface area contributed by atoms with Gasteiger partial charge in [0.15, 0.2) is 0 Å². The summed E-state index contributed by atoms with van der Waals surface area (Å²) in [6.07, 6.45) is 7.50. The normalized spacial score (nSPS) is 19.2. The summed E-state index contributed by atoms with van der Waals surface area (Å²) in [5.41, 5.74) is 1.13. The van der Waals surface area contributed by atoms with Crippen molar-refractivity contribution in [1.29, 1.82) is 0 Å². The van der Waals surface area contributed by atoms with Crippen LogP contribution < -0.4 is 0 Å². The number of carbonyl (C=O) groups is 1. The summed E-state index contributed by atoms with van der Waals surface area (Å²) in [4.78, 5) is 18.5. The second kappa shape index (κ2) is 5.48. The van der Waals surface area contributed by atoms with Gasteiger partial charge in [-0.2, -0.15) is 5.10 Å². The summed E-state index contributed by atoms with van der Waals surface area (Å²) in [5.74, 6) is 1.41. The van der Waals surface area contributed by atoms with E-state index in [1.165, 1.54) is 0 Å². The van der Waals surface area contributed by atoms with Crippen LogP contribution in [-0.4, -0.2) is 43.6 Å². The van der Waals surface area contributed by atoms with Gasteiger partial charge in [0.25, 0.3) is 0 Å². The molecule has 0 aliphatic carbocycles. The van der Waals surface area contributed by atoms with Crippen molar-refractivity contribution in [3.63, 3.8) is 0 Å². The van der Waals surface area contributed by atoms with E-state index in [2.05, 4.69) is 15.2 Å². The van der Waals surface area contributed by atoms with Crippen LogP contribution in [0.15, 0.2) is 24.7 Å². The Bertz CT molecular complexity index is 574. The average molecular weight is 273 g/mol. The molecule has 2 aromatic rings. The van der Waals surface area contributed by atoms with Crippen LogP contribution in [0.4, 0.5) is 0 Å². The summed E-state index contributed by atoms with van der Waals surface area (Å²) < 4.78 is 1.89. The third-order valence-electron chi connectivity index (χ3n) is 3.97. The van der Waals surface area contributed by atoms with E-state index in [1.54, 1.807) is 12.4 Å². The van der Waals surface area contributed by atoms with Gasteiger partial charge in [0.2, 0.25) is 5.91 Å². The molecule has 6 nitrogen and oxygen atoms in total. The monoisotopic (exact) mass is 273 g/mol. The molecular formula is C14H19N5O. The third-order valence-corrected chi connectivity index (χ3v) is 3.97. The van der Waals surface area contributed by atoms with Crippen LogP contribution in [0.5, 0.6) is 0 Å². The van der Waals surface area contributed by atoms with Gasteiger partial charge in [0, 0.05) is 43.3 Å². The Morgan fingerprint density at radius 3 is 3.10 bits per heavy atom. The fourth-order valence-electron chi connectivity index (χ4n) is 2.77. The zero-order chi connectivity index (χ0) is 13.9. The second-order valence-electron chi connectivity index (χ2n) is 5.29. The van der Waals surface area contributed by atoms with E-state index in [4.69, 9.17) is 0 Å². The average Bonchev–Trinajstić information content (AvgIpc) is 3.12. The molecule has 1 aliphatic rings. The standard InChI is InChI=1S/C14H19N5O/c1-11-15-6-8-18(11)10-14(20)19-7-2-3-12(9-19)13-4-5-16-17-13/h4-6,8,12H,2-3,7,9-10H2,1H3,(H,16,17)/t12-/m1/s1. The predicted molar refractivity (Wildman–Crippen MR) is 74.1 cm³/mol. The highest BCUT2D eigenvalue weighted by molar-refractivity contribution is 5.76. The molecule has 20 heavy (non-hydrogen) atoms. The third kappa shape index (κ3) is 2.59. The molecule has 0 aromatic carbocycles. The minimum absolute atomic E-state index is 0.162. The second-order valence-corrected chi connectivity index (χ2v) is 5.29. The molecule has 3 heterocycles. The number of amides is 1. The Labute approximate surface area is 117 Å². The summed E-state index contributed by atoms with van der Waals surface area (Å²) >= 11 is 0. The number of hydrogen-bond donors (Lipinski definition) is 1. The molecule has 1 fully saturated rings. The lowest BCUT2D eigenvalue weighted by Gasteiger charge is -2.32. The van der Waals surface area contributed by atoms with Gasteiger partial charge in [0.1, 0.15) is 12.4 Å². The van der Waals surface area contributed by atoms with Crippen LogP contribution in [0, 0.1) is 6.92 Å². The van der Waals surface area contributed by atoms with Gasteiger partial charge in [-0.25, -0.2) is 4.98 Å². The van der Waals surface area contributed by atoms with Crippen LogP contribution in [0.3, 0.4) is 0 Å². The molecule has 1 amide bonds. The summed E-state index contributed by atoms with van der Waals surface area (Å²) in [6.45, 7) is 3.91. The molecule has 1 aliphatic heterocycles. The largest absolute Gasteiger partial charge is 0.340 e. The first-order chi connectivity index (χ1) is 9.74. The molecule has 0 radical (unpaired) electrons. The highest BCUT2D eigenvalue weighted by atomic mass is 16.2. The molecule has 2 aromatic heterocycles. The van der Waals surface area contributed by atoms with Crippen molar-refractivity contribution >= 4 is 5.91 Å². The van der Waals surface area contributed by atoms with E-state index >= 15 is 0 Å². The first-order valence-electron chi connectivity index (χ1n) is 6.99. The minimum Gasteiger partial charge on any atom is -0.340 e. The minimum atomic E-state index is 0.162. The lowest BCUT2D eigenvalue weighted by atomic mass is 9.95. The molecule has 1 atom stereocenters. The number of imidazole rings is 1. The number of aromatic nitrogens is 4. The molecule has 6 heteroatoms. The number of piperidine rings is 1. The fraction of sp³-hybridized carbons (Fsp3) is 0.500. The number of aromatic amines is 1. The number of aryl methyl sites for hydroxylation is 1. The molecule has 1 saturated heterocycles. The molecule has 0 bridgehead atoms. The zero-order valence-corrected chi connectivity index (χ0v) is 11.6.